The number of thiazole rings is 1. The molecule has 7 heteroatoms. The Bertz CT molecular complexity index is 787. The molecule has 21 heavy (non-hydrogen) atoms. The number of nitrogens with zero attached hydrogens (tertiary/aromatic N) is 1. The van der Waals surface area contributed by atoms with Crippen molar-refractivity contribution in [2.75, 3.05) is 5.32 Å². The molecular weight excluding hydrogens is 306 g/mol. The topological polar surface area (TPSA) is 74.8 Å². The molecule has 0 atom stereocenters. The number of amides is 1. The summed E-state index contributed by atoms with van der Waals surface area (Å²) in [6, 6.07) is 5.47. The van der Waals surface area contributed by atoms with E-state index in [1.54, 1.807) is 11.3 Å². The maximum atomic E-state index is 12.1. The number of thiophene rings is 1. The van der Waals surface area contributed by atoms with Gasteiger partial charge in [-0.3, -0.25) is 14.9 Å². The number of H-pyrrole nitrogens is 1. The third-order valence-corrected chi connectivity index (χ3v) is 4.48. The minimum atomic E-state index is -0.311. The van der Waals surface area contributed by atoms with Crippen LogP contribution >= 0.6 is 22.7 Å². The standard InChI is InChI=1S/C14H11N3O2S2/c1-8(18)9-5-10(15-6-9)13(19)17-14-16-11(7-21-14)12-3-2-4-20-12/h2-7,15H,1H3,(H,16,17,19). The number of carbonyl (C=O) groups excluding carboxylic acids is 2. The fraction of sp³-hybridized carbons (Fsp3) is 0.0714. The summed E-state index contributed by atoms with van der Waals surface area (Å²) < 4.78 is 0. The van der Waals surface area contributed by atoms with Gasteiger partial charge in [0, 0.05) is 17.1 Å². The second-order valence-electron chi connectivity index (χ2n) is 4.33. The van der Waals surface area contributed by atoms with Crippen molar-refractivity contribution in [3.8, 4) is 10.6 Å². The van der Waals surface area contributed by atoms with Gasteiger partial charge in [0.25, 0.3) is 5.91 Å². The normalized spacial score (nSPS) is 10.5. The van der Waals surface area contributed by atoms with Crippen LogP contribution < -0.4 is 5.32 Å². The molecule has 5 nitrogen and oxygen atoms in total. The van der Waals surface area contributed by atoms with Gasteiger partial charge in [-0.05, 0) is 24.4 Å². The molecule has 0 spiro atoms. The maximum absolute atomic E-state index is 12.1. The average Bonchev–Trinajstić information content (AvgIpc) is 3.19. The Morgan fingerprint density at radius 2 is 2.19 bits per heavy atom. The highest BCUT2D eigenvalue weighted by Crippen LogP contribution is 2.28. The zero-order chi connectivity index (χ0) is 14.8. The number of rotatable bonds is 4. The highest BCUT2D eigenvalue weighted by atomic mass is 32.1. The van der Waals surface area contributed by atoms with Crippen LogP contribution in [0.1, 0.15) is 27.8 Å². The zero-order valence-corrected chi connectivity index (χ0v) is 12.7. The van der Waals surface area contributed by atoms with Crippen LogP contribution in [0.5, 0.6) is 0 Å². The summed E-state index contributed by atoms with van der Waals surface area (Å²) in [4.78, 5) is 31.5. The lowest BCUT2D eigenvalue weighted by Gasteiger charge is -1.98. The molecule has 0 aliphatic rings. The lowest BCUT2D eigenvalue weighted by Crippen LogP contribution is -2.11. The van der Waals surface area contributed by atoms with E-state index in [0.29, 0.717) is 16.4 Å². The fourth-order valence-electron chi connectivity index (χ4n) is 1.76. The second-order valence-corrected chi connectivity index (χ2v) is 6.13. The summed E-state index contributed by atoms with van der Waals surface area (Å²) >= 11 is 2.97. The van der Waals surface area contributed by atoms with Gasteiger partial charge >= 0.3 is 0 Å². The number of ketones is 1. The summed E-state index contributed by atoms with van der Waals surface area (Å²) in [5.41, 5.74) is 1.67. The van der Waals surface area contributed by atoms with E-state index in [0.717, 1.165) is 10.6 Å². The van der Waals surface area contributed by atoms with E-state index < -0.39 is 0 Å². The van der Waals surface area contributed by atoms with Crippen LogP contribution in [0, 0.1) is 0 Å². The summed E-state index contributed by atoms with van der Waals surface area (Å²) in [6.45, 7) is 1.46. The van der Waals surface area contributed by atoms with E-state index in [9.17, 15) is 9.59 Å². The van der Waals surface area contributed by atoms with Crippen molar-refractivity contribution < 1.29 is 9.59 Å². The Balaban J connectivity index is 1.74. The van der Waals surface area contributed by atoms with Gasteiger partial charge in [-0.2, -0.15) is 0 Å². The van der Waals surface area contributed by atoms with E-state index in [4.69, 9.17) is 0 Å². The molecular formula is C14H11N3O2S2. The largest absolute Gasteiger partial charge is 0.356 e. The molecule has 0 aliphatic heterocycles. The average molecular weight is 317 g/mol. The third-order valence-electron chi connectivity index (χ3n) is 2.83. The molecule has 0 bridgehead atoms. The van der Waals surface area contributed by atoms with E-state index in [2.05, 4.69) is 15.3 Å². The molecule has 106 valence electrons. The second kappa shape index (κ2) is 5.63. The number of nitrogens with one attached hydrogen (secondary N) is 2. The molecule has 0 fully saturated rings. The highest BCUT2D eigenvalue weighted by Gasteiger charge is 2.13. The number of aromatic nitrogens is 2. The van der Waals surface area contributed by atoms with Crippen molar-refractivity contribution in [2.45, 2.75) is 6.92 Å². The Morgan fingerprint density at radius 1 is 1.33 bits per heavy atom. The molecule has 0 aliphatic carbocycles. The first kappa shape index (κ1) is 13.7. The lowest BCUT2D eigenvalue weighted by atomic mass is 10.2. The summed E-state index contributed by atoms with van der Waals surface area (Å²) in [6.07, 6.45) is 1.52. The molecule has 3 heterocycles. The predicted molar refractivity (Wildman–Crippen MR) is 84.2 cm³/mol. The van der Waals surface area contributed by atoms with Gasteiger partial charge in [0.1, 0.15) is 5.69 Å². The molecule has 0 saturated carbocycles. The van der Waals surface area contributed by atoms with Gasteiger partial charge in [0.15, 0.2) is 10.9 Å². The van der Waals surface area contributed by atoms with Crippen LogP contribution in [-0.2, 0) is 0 Å². The first-order chi connectivity index (χ1) is 10.1. The number of Topliss-reactive ketones (excluding diaryl/α,β-unsaturated/α-hetero) is 1. The quantitative estimate of drug-likeness (QED) is 0.721. The Hall–Kier alpha value is -2.25. The fourth-order valence-corrected chi connectivity index (χ4v) is 3.23. The Kier molecular flexibility index (Phi) is 3.68. The lowest BCUT2D eigenvalue weighted by molar-refractivity contribution is 0.101. The number of aromatic amines is 1. The van der Waals surface area contributed by atoms with Crippen molar-refractivity contribution >= 4 is 39.5 Å². The van der Waals surface area contributed by atoms with Crippen molar-refractivity contribution in [1.82, 2.24) is 9.97 Å². The maximum Gasteiger partial charge on any atom is 0.273 e. The van der Waals surface area contributed by atoms with Crippen molar-refractivity contribution in [3.05, 3.63) is 46.4 Å². The van der Waals surface area contributed by atoms with E-state index in [1.165, 1.54) is 30.5 Å². The van der Waals surface area contributed by atoms with E-state index in [1.807, 2.05) is 22.9 Å². The SMILES string of the molecule is CC(=O)c1c[nH]c(C(=O)Nc2nc(-c3cccs3)cs2)c1. The van der Waals surface area contributed by atoms with Crippen LogP contribution in [0.3, 0.4) is 0 Å². The molecule has 1 amide bonds. The first-order valence-corrected chi connectivity index (χ1v) is 7.89. The van der Waals surface area contributed by atoms with Crippen LogP contribution in [0.4, 0.5) is 5.13 Å². The number of hydrogen-bond donors (Lipinski definition) is 2. The van der Waals surface area contributed by atoms with Crippen molar-refractivity contribution in [1.29, 1.82) is 0 Å². The molecule has 3 aromatic heterocycles. The van der Waals surface area contributed by atoms with Crippen molar-refractivity contribution in [2.24, 2.45) is 0 Å². The number of carbonyl (C=O) groups is 2. The molecule has 2 N–H and O–H groups in total. The summed E-state index contributed by atoms with van der Waals surface area (Å²) in [7, 11) is 0. The highest BCUT2D eigenvalue weighted by molar-refractivity contribution is 7.16. The van der Waals surface area contributed by atoms with E-state index >= 15 is 0 Å². The van der Waals surface area contributed by atoms with Gasteiger partial charge in [-0.1, -0.05) is 6.07 Å². The Labute approximate surface area is 128 Å². The minimum Gasteiger partial charge on any atom is -0.356 e. The molecule has 0 unspecified atom stereocenters. The van der Waals surface area contributed by atoms with Gasteiger partial charge in [0.2, 0.25) is 0 Å². The zero-order valence-electron chi connectivity index (χ0n) is 11.0. The van der Waals surface area contributed by atoms with Crippen LogP contribution in [-0.4, -0.2) is 21.7 Å². The molecule has 3 aromatic rings. The van der Waals surface area contributed by atoms with Crippen LogP contribution in [0.2, 0.25) is 0 Å². The summed E-state index contributed by atoms with van der Waals surface area (Å²) in [5.74, 6) is -0.394. The van der Waals surface area contributed by atoms with Crippen LogP contribution in [0.25, 0.3) is 10.6 Å². The first-order valence-electron chi connectivity index (χ1n) is 6.13. The minimum absolute atomic E-state index is 0.0838. The van der Waals surface area contributed by atoms with Gasteiger partial charge in [0.05, 0.1) is 10.6 Å². The van der Waals surface area contributed by atoms with E-state index in [-0.39, 0.29) is 11.7 Å². The third kappa shape index (κ3) is 2.93. The van der Waals surface area contributed by atoms with Gasteiger partial charge < -0.3 is 4.98 Å². The number of hydrogen-bond acceptors (Lipinski definition) is 5. The smallest absolute Gasteiger partial charge is 0.273 e. The van der Waals surface area contributed by atoms with Gasteiger partial charge in [-0.25, -0.2) is 4.98 Å². The monoisotopic (exact) mass is 317 g/mol. The molecule has 3 rings (SSSR count). The number of anilines is 1. The predicted octanol–water partition coefficient (Wildman–Crippen LogP) is 3.65. The van der Waals surface area contributed by atoms with Crippen LogP contribution in [0.15, 0.2) is 35.2 Å². The molecule has 0 saturated heterocycles. The Morgan fingerprint density at radius 3 is 2.86 bits per heavy atom. The summed E-state index contributed by atoms with van der Waals surface area (Å²) in [5, 5.41) is 7.13. The molecule has 0 radical (unpaired) electrons. The van der Waals surface area contributed by atoms with Gasteiger partial charge in [-0.15, -0.1) is 22.7 Å². The molecule has 0 aromatic carbocycles. The van der Waals surface area contributed by atoms with Crippen molar-refractivity contribution in [3.63, 3.8) is 0 Å².